The van der Waals surface area contributed by atoms with Crippen molar-refractivity contribution in [2.45, 2.75) is 47.1 Å². The van der Waals surface area contributed by atoms with E-state index in [0.717, 1.165) is 9.77 Å². The number of carbonyl (C=O) groups excluding carboxylic acids is 2. The summed E-state index contributed by atoms with van der Waals surface area (Å²) in [6, 6.07) is 8.51. The molecule has 9 heteroatoms. The van der Waals surface area contributed by atoms with Crippen molar-refractivity contribution in [2.24, 2.45) is 0 Å². The summed E-state index contributed by atoms with van der Waals surface area (Å²) < 4.78 is 25.7. The summed E-state index contributed by atoms with van der Waals surface area (Å²) in [5.41, 5.74) is 0.499. The minimum absolute atomic E-state index is 0.107. The highest BCUT2D eigenvalue weighted by Gasteiger charge is 2.29. The van der Waals surface area contributed by atoms with E-state index in [4.69, 9.17) is 0 Å². The van der Waals surface area contributed by atoms with Gasteiger partial charge in [0, 0.05) is 16.2 Å². The Kier molecular flexibility index (Phi) is 5.92. The van der Waals surface area contributed by atoms with Crippen molar-refractivity contribution in [3.05, 3.63) is 40.6 Å². The minimum Gasteiger partial charge on any atom is -0.351 e. The van der Waals surface area contributed by atoms with Gasteiger partial charge in [-0.3, -0.25) is 9.59 Å². The van der Waals surface area contributed by atoms with Crippen molar-refractivity contribution in [3.8, 4) is 0 Å². The Morgan fingerprint density at radius 2 is 2.11 bits per heavy atom. The van der Waals surface area contributed by atoms with E-state index in [1.807, 2.05) is 17.5 Å². The molecule has 2 amide bonds. The van der Waals surface area contributed by atoms with Crippen molar-refractivity contribution in [1.82, 2.24) is 5.32 Å². The van der Waals surface area contributed by atoms with Crippen LogP contribution in [0.3, 0.4) is 0 Å². The van der Waals surface area contributed by atoms with Crippen molar-refractivity contribution in [3.63, 3.8) is 0 Å². The Morgan fingerprint density at radius 1 is 1.33 bits per heavy atom. The third-order valence-electron chi connectivity index (χ3n) is 4.25. The summed E-state index contributed by atoms with van der Waals surface area (Å²) in [5.74, 6) is -0.460. The first-order chi connectivity index (χ1) is 12.8. The van der Waals surface area contributed by atoms with Crippen LogP contribution >= 0.6 is 23.1 Å². The average Bonchev–Trinajstić information content (AvgIpc) is 3.14. The van der Waals surface area contributed by atoms with Gasteiger partial charge < -0.3 is 10.6 Å². The van der Waals surface area contributed by atoms with Gasteiger partial charge in [0.15, 0.2) is 9.84 Å². The molecule has 144 valence electrons. The predicted molar refractivity (Wildman–Crippen MR) is 108 cm³/mol. The number of hydrogen-bond donors (Lipinski definition) is 2. The number of rotatable bonds is 6. The number of nitrogens with one attached hydrogen (secondary N) is 2. The largest absolute Gasteiger partial charge is 0.351 e. The van der Waals surface area contributed by atoms with Crippen LogP contribution in [0.25, 0.3) is 0 Å². The molecule has 27 heavy (non-hydrogen) atoms. The molecule has 2 atom stereocenters. The molecular formula is C18H20N2O4S3. The highest BCUT2D eigenvalue weighted by molar-refractivity contribution is 8.01. The zero-order chi connectivity index (χ0) is 19.6. The van der Waals surface area contributed by atoms with Crippen molar-refractivity contribution >= 4 is 50.4 Å². The molecule has 2 heterocycles. The van der Waals surface area contributed by atoms with Gasteiger partial charge in [0.1, 0.15) is 0 Å². The maximum atomic E-state index is 12.8. The lowest BCUT2D eigenvalue weighted by molar-refractivity contribution is -0.121. The molecule has 0 saturated heterocycles. The molecular weight excluding hydrogens is 404 g/mol. The molecule has 1 aromatic carbocycles. The molecule has 0 fully saturated rings. The first-order valence-electron chi connectivity index (χ1n) is 8.42. The van der Waals surface area contributed by atoms with Gasteiger partial charge in [0.25, 0.3) is 0 Å². The molecule has 1 aliphatic heterocycles. The fourth-order valence-corrected chi connectivity index (χ4v) is 5.59. The second-order valence-electron chi connectivity index (χ2n) is 6.32. The van der Waals surface area contributed by atoms with Crippen LogP contribution in [0.2, 0.25) is 0 Å². The van der Waals surface area contributed by atoms with Gasteiger partial charge in [-0.05, 0) is 43.5 Å². The molecule has 0 saturated carbocycles. The third-order valence-corrected chi connectivity index (χ3v) is 8.44. The minimum atomic E-state index is -3.69. The lowest BCUT2D eigenvalue weighted by atomic mass is 10.3. The molecule has 1 aliphatic rings. The van der Waals surface area contributed by atoms with E-state index in [2.05, 4.69) is 10.6 Å². The van der Waals surface area contributed by atoms with Crippen molar-refractivity contribution in [2.75, 3.05) is 5.32 Å². The normalized spacial score (nSPS) is 17.7. The molecule has 2 N–H and O–H groups in total. The quantitative estimate of drug-likeness (QED) is 0.744. The van der Waals surface area contributed by atoms with E-state index in [9.17, 15) is 18.0 Å². The lowest BCUT2D eigenvalue weighted by Gasteiger charge is -2.22. The highest BCUT2D eigenvalue weighted by Crippen LogP contribution is 2.37. The number of amides is 2. The maximum Gasteiger partial charge on any atom is 0.237 e. The zero-order valence-corrected chi connectivity index (χ0v) is 17.3. The maximum absolute atomic E-state index is 12.8. The predicted octanol–water partition coefficient (Wildman–Crippen LogP) is 3.05. The zero-order valence-electron chi connectivity index (χ0n) is 14.9. The van der Waals surface area contributed by atoms with Gasteiger partial charge in [-0.1, -0.05) is 6.07 Å². The number of benzene rings is 1. The van der Waals surface area contributed by atoms with Crippen LogP contribution in [-0.4, -0.2) is 30.7 Å². The molecule has 0 aliphatic carbocycles. The van der Waals surface area contributed by atoms with Crippen molar-refractivity contribution in [1.29, 1.82) is 0 Å². The first-order valence-corrected chi connectivity index (χ1v) is 11.7. The second kappa shape index (κ2) is 8.04. The number of anilines is 1. The summed E-state index contributed by atoms with van der Waals surface area (Å²) in [6.07, 6.45) is -0.122. The van der Waals surface area contributed by atoms with E-state index >= 15 is 0 Å². The molecule has 0 bridgehead atoms. The summed E-state index contributed by atoms with van der Waals surface area (Å²) in [6.45, 7) is 3.71. The second-order valence-corrected chi connectivity index (χ2v) is 11.1. The van der Waals surface area contributed by atoms with Crippen LogP contribution in [-0.2, 0) is 26.0 Å². The summed E-state index contributed by atoms with van der Waals surface area (Å²) in [7, 11) is -3.69. The summed E-state index contributed by atoms with van der Waals surface area (Å²) >= 11 is 2.92. The smallest absolute Gasteiger partial charge is 0.237 e. The van der Waals surface area contributed by atoms with Crippen molar-refractivity contribution < 1.29 is 18.0 Å². The lowest BCUT2D eigenvalue weighted by Crippen LogP contribution is -2.30. The van der Waals surface area contributed by atoms with Gasteiger partial charge in [-0.15, -0.1) is 23.1 Å². The Bertz CT molecular complexity index is 955. The Balaban J connectivity index is 1.69. The molecule has 6 nitrogen and oxygen atoms in total. The van der Waals surface area contributed by atoms with E-state index < -0.39 is 15.1 Å². The van der Waals surface area contributed by atoms with E-state index in [-0.39, 0.29) is 28.4 Å². The standard InChI is InChI=1S/C18H20N2O4S3/c1-11(8-17(21)19-10-13-4-3-7-25-13)27(23,24)14-5-6-16-15(9-14)20-18(22)12(2)26-16/h3-7,9,11-12H,8,10H2,1-2H3,(H,19,21)(H,20,22). The molecule has 2 aromatic rings. The SMILES string of the molecule is CC1Sc2ccc(S(=O)(=O)C(C)CC(=O)NCc3cccs3)cc2NC1=O. The number of fused-ring (bicyclic) bond motifs is 1. The number of carbonyl (C=O) groups is 2. The van der Waals surface area contributed by atoms with Crippen LogP contribution in [0.5, 0.6) is 0 Å². The van der Waals surface area contributed by atoms with Gasteiger partial charge in [0.2, 0.25) is 11.8 Å². The van der Waals surface area contributed by atoms with Crippen LogP contribution < -0.4 is 10.6 Å². The van der Waals surface area contributed by atoms with Gasteiger partial charge in [0.05, 0.1) is 27.6 Å². The topological polar surface area (TPSA) is 92.3 Å². The van der Waals surface area contributed by atoms with Crippen LogP contribution in [0.4, 0.5) is 5.69 Å². The van der Waals surface area contributed by atoms with E-state index in [0.29, 0.717) is 12.2 Å². The monoisotopic (exact) mass is 424 g/mol. The number of thiophene rings is 1. The van der Waals surface area contributed by atoms with Gasteiger partial charge >= 0.3 is 0 Å². The third kappa shape index (κ3) is 4.53. The number of hydrogen-bond acceptors (Lipinski definition) is 6. The molecule has 1 aromatic heterocycles. The number of sulfone groups is 1. The Hall–Kier alpha value is -1.84. The molecule has 0 spiro atoms. The molecule has 3 rings (SSSR count). The van der Waals surface area contributed by atoms with E-state index in [1.54, 1.807) is 13.0 Å². The fraction of sp³-hybridized carbons (Fsp3) is 0.333. The van der Waals surface area contributed by atoms with Crippen LogP contribution in [0.15, 0.2) is 45.5 Å². The number of thioether (sulfide) groups is 1. The first kappa shape index (κ1) is 19.9. The molecule has 0 radical (unpaired) electrons. The Morgan fingerprint density at radius 3 is 2.81 bits per heavy atom. The summed E-state index contributed by atoms with van der Waals surface area (Å²) in [5, 5.41) is 6.31. The van der Waals surface area contributed by atoms with Gasteiger partial charge in [-0.2, -0.15) is 0 Å². The van der Waals surface area contributed by atoms with Crippen LogP contribution in [0.1, 0.15) is 25.1 Å². The highest BCUT2D eigenvalue weighted by atomic mass is 32.2. The van der Waals surface area contributed by atoms with Gasteiger partial charge in [-0.25, -0.2) is 8.42 Å². The summed E-state index contributed by atoms with van der Waals surface area (Å²) in [4.78, 5) is 25.9. The molecule has 2 unspecified atom stereocenters. The Labute approximate surface area is 166 Å². The average molecular weight is 425 g/mol. The van der Waals surface area contributed by atoms with Crippen LogP contribution in [0, 0.1) is 0 Å². The van der Waals surface area contributed by atoms with E-state index in [1.165, 1.54) is 42.2 Å². The fourth-order valence-electron chi connectivity index (χ4n) is 2.64.